The van der Waals surface area contributed by atoms with Crippen LogP contribution in [0.15, 0.2) is 78.6 Å². The smallest absolute Gasteiger partial charge is 0.278 e. The number of rotatable bonds is 5. The topological polar surface area (TPSA) is 62.3 Å². The number of halogens is 1. The number of amides is 2. The van der Waals surface area contributed by atoms with Gasteiger partial charge in [-0.25, -0.2) is 4.39 Å². The number of benzene rings is 2. The van der Waals surface area contributed by atoms with Gasteiger partial charge in [0, 0.05) is 11.9 Å². The minimum absolute atomic E-state index is 0.0577. The Labute approximate surface area is 167 Å². The van der Waals surface area contributed by atoms with Gasteiger partial charge in [0.1, 0.15) is 11.5 Å². The Bertz CT molecular complexity index is 1110. The van der Waals surface area contributed by atoms with Crippen molar-refractivity contribution in [3.63, 3.8) is 0 Å². The Hall–Kier alpha value is -3.80. The van der Waals surface area contributed by atoms with Gasteiger partial charge in [0.05, 0.1) is 17.8 Å². The molecule has 3 aromatic rings. The van der Waals surface area contributed by atoms with Crippen molar-refractivity contribution in [2.24, 2.45) is 0 Å². The van der Waals surface area contributed by atoms with Crippen molar-refractivity contribution in [2.75, 3.05) is 5.32 Å². The van der Waals surface area contributed by atoms with Gasteiger partial charge in [-0.15, -0.1) is 0 Å². The molecule has 0 aliphatic carbocycles. The highest BCUT2D eigenvalue weighted by Gasteiger charge is 2.39. The third-order valence-corrected chi connectivity index (χ3v) is 4.65. The van der Waals surface area contributed by atoms with Gasteiger partial charge in [-0.2, -0.15) is 0 Å². The summed E-state index contributed by atoms with van der Waals surface area (Å²) in [4.78, 5) is 31.7. The van der Waals surface area contributed by atoms with Crippen molar-refractivity contribution < 1.29 is 14.0 Å². The maximum atomic E-state index is 13.6. The highest BCUT2D eigenvalue weighted by Crippen LogP contribution is 2.31. The highest BCUT2D eigenvalue weighted by molar-refractivity contribution is 6.36. The van der Waals surface area contributed by atoms with Crippen LogP contribution in [-0.2, 0) is 16.1 Å². The number of nitrogens with zero attached hydrogens (tertiary/aromatic N) is 2. The van der Waals surface area contributed by atoms with Crippen LogP contribution >= 0.6 is 0 Å². The minimum atomic E-state index is -0.472. The molecule has 2 heterocycles. The Morgan fingerprint density at radius 1 is 0.966 bits per heavy atom. The zero-order valence-electron chi connectivity index (χ0n) is 15.7. The number of anilines is 1. The lowest BCUT2D eigenvalue weighted by molar-refractivity contribution is -0.137. The van der Waals surface area contributed by atoms with Gasteiger partial charge in [-0.05, 0) is 42.8 Å². The van der Waals surface area contributed by atoms with Crippen LogP contribution in [0.25, 0.3) is 5.57 Å². The summed E-state index contributed by atoms with van der Waals surface area (Å²) in [5.41, 5.74) is 3.04. The monoisotopic (exact) mass is 387 g/mol. The molecule has 2 amide bonds. The standard InChI is InChI=1S/C23H18FN3O2/c1-15-8-10-16(11-9-15)20-21(26-18-7-4-5-17(24)13-18)23(29)27(22(20)28)14-19-6-2-3-12-25-19/h2-13,26H,14H2,1H3. The number of aromatic nitrogens is 1. The SMILES string of the molecule is Cc1ccc(C2=C(Nc3cccc(F)c3)C(=O)N(Cc3ccccn3)C2=O)cc1. The van der Waals surface area contributed by atoms with Gasteiger partial charge in [0.15, 0.2) is 0 Å². The van der Waals surface area contributed by atoms with Crippen LogP contribution in [-0.4, -0.2) is 21.7 Å². The van der Waals surface area contributed by atoms with E-state index in [1.54, 1.807) is 42.6 Å². The van der Waals surface area contributed by atoms with Gasteiger partial charge in [-0.1, -0.05) is 42.0 Å². The van der Waals surface area contributed by atoms with Crippen molar-refractivity contribution in [3.05, 3.63) is 101 Å². The Kier molecular flexibility index (Phi) is 4.91. The summed E-state index contributed by atoms with van der Waals surface area (Å²) in [6, 6.07) is 18.4. The maximum absolute atomic E-state index is 13.6. The number of aryl methyl sites for hydroxylation is 1. The van der Waals surface area contributed by atoms with Crippen LogP contribution in [0, 0.1) is 12.7 Å². The van der Waals surface area contributed by atoms with Gasteiger partial charge in [0.2, 0.25) is 0 Å². The molecule has 0 bridgehead atoms. The molecule has 0 saturated carbocycles. The van der Waals surface area contributed by atoms with Crippen LogP contribution in [0.3, 0.4) is 0 Å². The fraction of sp³-hybridized carbons (Fsp3) is 0.0870. The first-order valence-corrected chi connectivity index (χ1v) is 9.13. The van der Waals surface area contributed by atoms with E-state index in [0.717, 1.165) is 10.5 Å². The molecular formula is C23H18FN3O2. The molecule has 0 unspecified atom stereocenters. The predicted molar refractivity (Wildman–Crippen MR) is 108 cm³/mol. The number of carbonyl (C=O) groups is 2. The minimum Gasteiger partial charge on any atom is -0.350 e. The first-order chi connectivity index (χ1) is 14.0. The van der Waals surface area contributed by atoms with Gasteiger partial charge >= 0.3 is 0 Å². The normalized spacial score (nSPS) is 13.9. The summed E-state index contributed by atoms with van der Waals surface area (Å²) in [6.45, 7) is 2.00. The first kappa shape index (κ1) is 18.6. The molecule has 1 aromatic heterocycles. The maximum Gasteiger partial charge on any atom is 0.278 e. The van der Waals surface area contributed by atoms with E-state index in [-0.39, 0.29) is 17.8 Å². The molecule has 0 saturated heterocycles. The molecule has 2 aromatic carbocycles. The zero-order valence-corrected chi connectivity index (χ0v) is 15.7. The van der Waals surface area contributed by atoms with Gasteiger partial charge < -0.3 is 5.32 Å². The average molecular weight is 387 g/mol. The summed E-state index contributed by atoms with van der Waals surface area (Å²) in [7, 11) is 0. The first-order valence-electron chi connectivity index (χ1n) is 9.13. The lowest BCUT2D eigenvalue weighted by atomic mass is 10.0. The second-order valence-electron chi connectivity index (χ2n) is 6.77. The van der Waals surface area contributed by atoms with Crippen molar-refractivity contribution in [1.82, 2.24) is 9.88 Å². The fourth-order valence-corrected chi connectivity index (χ4v) is 3.19. The molecule has 0 spiro atoms. The van der Waals surface area contributed by atoms with E-state index >= 15 is 0 Å². The van der Waals surface area contributed by atoms with E-state index in [0.29, 0.717) is 16.9 Å². The molecule has 29 heavy (non-hydrogen) atoms. The van der Waals surface area contributed by atoms with Crippen LogP contribution in [0.1, 0.15) is 16.8 Å². The summed E-state index contributed by atoms with van der Waals surface area (Å²) in [5, 5.41) is 2.95. The fourth-order valence-electron chi connectivity index (χ4n) is 3.19. The molecule has 0 fully saturated rings. The Morgan fingerprint density at radius 3 is 2.45 bits per heavy atom. The van der Waals surface area contributed by atoms with E-state index in [1.807, 2.05) is 19.1 Å². The second kappa shape index (κ2) is 7.67. The molecule has 5 nitrogen and oxygen atoms in total. The molecule has 0 atom stereocenters. The lowest BCUT2D eigenvalue weighted by Crippen LogP contribution is -2.32. The third-order valence-electron chi connectivity index (χ3n) is 4.65. The van der Waals surface area contributed by atoms with Crippen molar-refractivity contribution >= 4 is 23.1 Å². The summed E-state index contributed by atoms with van der Waals surface area (Å²) in [5.74, 6) is -1.32. The Balaban J connectivity index is 1.75. The molecule has 1 aliphatic heterocycles. The molecular weight excluding hydrogens is 369 g/mol. The largest absolute Gasteiger partial charge is 0.350 e. The van der Waals surface area contributed by atoms with E-state index in [9.17, 15) is 14.0 Å². The number of hydrogen-bond donors (Lipinski definition) is 1. The molecule has 1 aliphatic rings. The summed E-state index contributed by atoms with van der Waals surface area (Å²) in [6.07, 6.45) is 1.61. The zero-order chi connectivity index (χ0) is 20.4. The summed E-state index contributed by atoms with van der Waals surface area (Å²) < 4.78 is 13.6. The molecule has 0 radical (unpaired) electrons. The summed E-state index contributed by atoms with van der Waals surface area (Å²) >= 11 is 0. The van der Waals surface area contributed by atoms with E-state index < -0.39 is 17.6 Å². The number of pyridine rings is 1. The number of hydrogen-bond acceptors (Lipinski definition) is 4. The van der Waals surface area contributed by atoms with Crippen molar-refractivity contribution in [3.8, 4) is 0 Å². The van der Waals surface area contributed by atoms with E-state index in [4.69, 9.17) is 0 Å². The average Bonchev–Trinajstić information content (AvgIpc) is 2.94. The van der Waals surface area contributed by atoms with Crippen LogP contribution in [0.4, 0.5) is 10.1 Å². The quantitative estimate of drug-likeness (QED) is 0.674. The van der Waals surface area contributed by atoms with Crippen LogP contribution in [0.5, 0.6) is 0 Å². The number of carbonyl (C=O) groups excluding carboxylic acids is 2. The van der Waals surface area contributed by atoms with Crippen molar-refractivity contribution in [2.45, 2.75) is 13.5 Å². The van der Waals surface area contributed by atoms with Crippen LogP contribution in [0.2, 0.25) is 0 Å². The highest BCUT2D eigenvalue weighted by atomic mass is 19.1. The predicted octanol–water partition coefficient (Wildman–Crippen LogP) is 3.92. The number of imide groups is 1. The Morgan fingerprint density at radius 2 is 1.76 bits per heavy atom. The van der Waals surface area contributed by atoms with Gasteiger partial charge in [0.25, 0.3) is 11.8 Å². The van der Waals surface area contributed by atoms with E-state index in [2.05, 4.69) is 10.3 Å². The molecule has 144 valence electrons. The second-order valence-corrected chi connectivity index (χ2v) is 6.77. The van der Waals surface area contributed by atoms with Gasteiger partial charge in [-0.3, -0.25) is 19.5 Å². The molecule has 4 rings (SSSR count). The van der Waals surface area contributed by atoms with Crippen LogP contribution < -0.4 is 5.32 Å². The van der Waals surface area contributed by atoms with Crippen molar-refractivity contribution in [1.29, 1.82) is 0 Å². The number of nitrogens with one attached hydrogen (secondary N) is 1. The third kappa shape index (κ3) is 3.78. The van der Waals surface area contributed by atoms with E-state index in [1.165, 1.54) is 18.2 Å². The molecule has 6 heteroatoms. The molecule has 1 N–H and O–H groups in total. The lowest BCUT2D eigenvalue weighted by Gasteiger charge is -2.14.